The van der Waals surface area contributed by atoms with Crippen molar-refractivity contribution in [1.82, 2.24) is 4.98 Å². The van der Waals surface area contributed by atoms with Gasteiger partial charge in [0.25, 0.3) is 0 Å². The van der Waals surface area contributed by atoms with Crippen molar-refractivity contribution in [1.29, 1.82) is 0 Å². The smallest absolute Gasteiger partial charge is 0.196 e. The number of hydrogen-bond donors (Lipinski definition) is 0. The number of nitrogens with zero attached hydrogens (tertiary/aromatic N) is 1. The molecule has 0 amide bonds. The number of halogens is 1. The van der Waals surface area contributed by atoms with Gasteiger partial charge in [-0.15, -0.1) is 11.3 Å². The molecule has 4 heteroatoms. The van der Waals surface area contributed by atoms with Gasteiger partial charge in [-0.25, -0.2) is 0 Å². The molecule has 0 fully saturated rings. The first-order valence-electron chi connectivity index (χ1n) is 5.37. The Morgan fingerprint density at radius 2 is 2.06 bits per heavy atom. The molecule has 0 unspecified atom stereocenters. The van der Waals surface area contributed by atoms with E-state index in [1.807, 2.05) is 29.6 Å². The molecule has 0 radical (unpaired) electrons. The third-order valence-corrected chi connectivity index (χ3v) is 4.09. The zero-order valence-corrected chi connectivity index (χ0v) is 11.7. The second kappa shape index (κ2) is 4.63. The molecule has 0 bridgehead atoms. The lowest BCUT2D eigenvalue weighted by Crippen LogP contribution is -2.00. The third-order valence-electron chi connectivity index (χ3n) is 2.69. The molecule has 18 heavy (non-hydrogen) atoms. The van der Waals surface area contributed by atoms with Crippen LogP contribution in [0.4, 0.5) is 0 Å². The topological polar surface area (TPSA) is 30.0 Å². The standard InChI is InChI=1S/C14H8BrNOS/c15-10-5-9(6-16-7-10)14(17)12-8-18-13-4-2-1-3-11(12)13/h1-8H. The quantitative estimate of drug-likeness (QED) is 0.660. The van der Waals surface area contributed by atoms with Gasteiger partial charge >= 0.3 is 0 Å². The number of carbonyl (C=O) groups excluding carboxylic acids is 1. The predicted octanol–water partition coefficient (Wildman–Crippen LogP) is 4.29. The van der Waals surface area contributed by atoms with Gasteiger partial charge in [0.05, 0.1) is 0 Å². The van der Waals surface area contributed by atoms with E-state index in [2.05, 4.69) is 20.9 Å². The van der Waals surface area contributed by atoms with Crippen molar-refractivity contribution in [3.8, 4) is 0 Å². The van der Waals surface area contributed by atoms with Crippen LogP contribution in [0.25, 0.3) is 10.1 Å². The Labute approximate surface area is 116 Å². The zero-order chi connectivity index (χ0) is 12.5. The molecule has 0 N–H and O–H groups in total. The molecule has 2 nitrogen and oxygen atoms in total. The summed E-state index contributed by atoms with van der Waals surface area (Å²) in [6.07, 6.45) is 3.27. The van der Waals surface area contributed by atoms with Crippen LogP contribution in [-0.2, 0) is 0 Å². The van der Waals surface area contributed by atoms with E-state index in [-0.39, 0.29) is 5.78 Å². The molecule has 0 aliphatic heterocycles. The van der Waals surface area contributed by atoms with Crippen molar-refractivity contribution >= 4 is 43.1 Å². The maximum Gasteiger partial charge on any atom is 0.196 e. The molecule has 0 saturated carbocycles. The minimum atomic E-state index is 0.0150. The molecule has 0 aliphatic rings. The van der Waals surface area contributed by atoms with E-state index in [9.17, 15) is 4.79 Å². The zero-order valence-electron chi connectivity index (χ0n) is 9.26. The normalized spacial score (nSPS) is 10.7. The van der Waals surface area contributed by atoms with Gasteiger partial charge in [0, 0.05) is 43.5 Å². The van der Waals surface area contributed by atoms with Gasteiger partial charge in [-0.05, 0) is 28.1 Å². The molecule has 88 valence electrons. The molecule has 0 atom stereocenters. The van der Waals surface area contributed by atoms with E-state index >= 15 is 0 Å². The van der Waals surface area contributed by atoms with Crippen LogP contribution in [0, 0.1) is 0 Å². The highest BCUT2D eigenvalue weighted by molar-refractivity contribution is 9.10. The second-order valence-electron chi connectivity index (χ2n) is 3.87. The Balaban J connectivity index is 2.12. The fourth-order valence-electron chi connectivity index (χ4n) is 1.85. The number of hydrogen-bond acceptors (Lipinski definition) is 3. The monoisotopic (exact) mass is 317 g/mol. The summed E-state index contributed by atoms with van der Waals surface area (Å²) in [4.78, 5) is 16.5. The summed E-state index contributed by atoms with van der Waals surface area (Å²) in [6.45, 7) is 0. The molecule has 0 spiro atoms. The molecule has 0 saturated heterocycles. The van der Waals surface area contributed by atoms with Crippen molar-refractivity contribution in [3.05, 3.63) is 63.7 Å². The first-order chi connectivity index (χ1) is 8.75. The Hall–Kier alpha value is -1.52. The number of thiophene rings is 1. The number of ketones is 1. The summed E-state index contributed by atoms with van der Waals surface area (Å²) in [5.74, 6) is 0.0150. The predicted molar refractivity (Wildman–Crippen MR) is 77.2 cm³/mol. The Kier molecular flexibility index (Phi) is 2.97. The number of aromatic nitrogens is 1. The number of fused-ring (bicyclic) bond motifs is 1. The van der Waals surface area contributed by atoms with Crippen LogP contribution < -0.4 is 0 Å². The van der Waals surface area contributed by atoms with Crippen LogP contribution in [0.3, 0.4) is 0 Å². The van der Waals surface area contributed by atoms with Crippen LogP contribution in [-0.4, -0.2) is 10.8 Å². The number of carbonyl (C=O) groups is 1. The highest BCUT2D eigenvalue weighted by Gasteiger charge is 2.14. The van der Waals surface area contributed by atoms with Crippen LogP contribution in [0.15, 0.2) is 52.6 Å². The van der Waals surface area contributed by atoms with E-state index in [1.165, 1.54) is 0 Å². The van der Waals surface area contributed by atoms with Crippen LogP contribution in [0.1, 0.15) is 15.9 Å². The molecule has 1 aromatic carbocycles. The fourth-order valence-corrected chi connectivity index (χ4v) is 3.15. The van der Waals surface area contributed by atoms with E-state index in [0.29, 0.717) is 5.56 Å². The minimum absolute atomic E-state index is 0.0150. The molecule has 2 aromatic heterocycles. The average Bonchev–Trinajstić information content (AvgIpc) is 2.82. The first kappa shape index (κ1) is 11.6. The summed E-state index contributed by atoms with van der Waals surface area (Å²) in [5, 5.41) is 2.92. The van der Waals surface area contributed by atoms with Gasteiger partial charge in [0.2, 0.25) is 0 Å². The van der Waals surface area contributed by atoms with Gasteiger partial charge in [-0.1, -0.05) is 18.2 Å². The summed E-state index contributed by atoms with van der Waals surface area (Å²) in [5.41, 5.74) is 1.35. The lowest BCUT2D eigenvalue weighted by Gasteiger charge is -2.00. The van der Waals surface area contributed by atoms with E-state index < -0.39 is 0 Å². The summed E-state index contributed by atoms with van der Waals surface area (Å²) in [6, 6.07) is 9.72. The van der Waals surface area contributed by atoms with Gasteiger partial charge in [0.1, 0.15) is 0 Å². The first-order valence-corrected chi connectivity index (χ1v) is 7.04. The summed E-state index contributed by atoms with van der Waals surface area (Å²) >= 11 is 4.92. The van der Waals surface area contributed by atoms with Crippen LogP contribution in [0.2, 0.25) is 0 Å². The lowest BCUT2D eigenvalue weighted by molar-refractivity contribution is 0.104. The maximum atomic E-state index is 12.4. The van der Waals surface area contributed by atoms with Gasteiger partial charge in [0.15, 0.2) is 5.78 Å². The molecule has 2 heterocycles. The molecule has 3 rings (SSSR count). The number of rotatable bonds is 2. The fraction of sp³-hybridized carbons (Fsp3) is 0. The SMILES string of the molecule is O=C(c1cncc(Br)c1)c1csc2ccccc12. The average molecular weight is 318 g/mol. The van der Waals surface area contributed by atoms with Crippen molar-refractivity contribution in [2.45, 2.75) is 0 Å². The Morgan fingerprint density at radius 1 is 1.22 bits per heavy atom. The van der Waals surface area contributed by atoms with E-state index in [4.69, 9.17) is 0 Å². The van der Waals surface area contributed by atoms with Crippen molar-refractivity contribution in [2.24, 2.45) is 0 Å². The summed E-state index contributed by atoms with van der Waals surface area (Å²) in [7, 11) is 0. The minimum Gasteiger partial charge on any atom is -0.288 e. The highest BCUT2D eigenvalue weighted by atomic mass is 79.9. The largest absolute Gasteiger partial charge is 0.288 e. The van der Waals surface area contributed by atoms with Crippen LogP contribution >= 0.6 is 27.3 Å². The maximum absolute atomic E-state index is 12.4. The molecule has 3 aromatic rings. The number of benzene rings is 1. The molecule has 0 aliphatic carbocycles. The molecular weight excluding hydrogens is 310 g/mol. The van der Waals surface area contributed by atoms with Crippen molar-refractivity contribution in [3.63, 3.8) is 0 Å². The second-order valence-corrected chi connectivity index (χ2v) is 5.69. The van der Waals surface area contributed by atoms with Gasteiger partial charge in [-0.2, -0.15) is 0 Å². The summed E-state index contributed by atoms with van der Waals surface area (Å²) < 4.78 is 1.94. The van der Waals surface area contributed by atoms with E-state index in [0.717, 1.165) is 20.1 Å². The number of pyridine rings is 1. The Morgan fingerprint density at radius 3 is 2.89 bits per heavy atom. The van der Waals surface area contributed by atoms with E-state index in [1.54, 1.807) is 29.8 Å². The van der Waals surface area contributed by atoms with Crippen molar-refractivity contribution in [2.75, 3.05) is 0 Å². The van der Waals surface area contributed by atoms with Gasteiger partial charge < -0.3 is 0 Å². The highest BCUT2D eigenvalue weighted by Crippen LogP contribution is 2.27. The van der Waals surface area contributed by atoms with Crippen molar-refractivity contribution < 1.29 is 4.79 Å². The Bertz CT molecular complexity index is 735. The third kappa shape index (κ3) is 1.98. The molecular formula is C14H8BrNOS. The van der Waals surface area contributed by atoms with Gasteiger partial charge in [-0.3, -0.25) is 9.78 Å². The van der Waals surface area contributed by atoms with Crippen LogP contribution in [0.5, 0.6) is 0 Å². The lowest BCUT2D eigenvalue weighted by atomic mass is 10.0.